The van der Waals surface area contributed by atoms with Crippen molar-refractivity contribution in [1.29, 1.82) is 0 Å². The fraction of sp³-hybridized carbons (Fsp3) is 0.318. The number of hydrogen-bond donors (Lipinski definition) is 2. The van der Waals surface area contributed by atoms with Crippen molar-refractivity contribution < 1.29 is 9.59 Å². The van der Waals surface area contributed by atoms with Crippen LogP contribution in [0.4, 0.5) is 16.2 Å². The second-order valence-corrected chi connectivity index (χ2v) is 7.90. The molecule has 2 aromatic carbocycles. The molecule has 9 nitrogen and oxygen atoms in total. The molecule has 0 saturated carbocycles. The van der Waals surface area contributed by atoms with Gasteiger partial charge in [-0.15, -0.1) is 5.10 Å². The van der Waals surface area contributed by atoms with E-state index in [1.807, 2.05) is 45.0 Å². The van der Waals surface area contributed by atoms with Crippen LogP contribution in [0, 0.1) is 20.8 Å². The quantitative estimate of drug-likeness (QED) is 0.676. The average molecular weight is 419 g/mol. The van der Waals surface area contributed by atoms with Gasteiger partial charge in [-0.3, -0.25) is 4.79 Å². The number of amides is 3. The molecule has 160 valence electrons. The largest absolute Gasteiger partial charge is 0.324 e. The Bertz CT molecular complexity index is 1090. The number of likely N-dealkylation sites (tertiary alicyclic amines) is 1. The molecule has 1 atom stereocenters. The number of benzene rings is 2. The van der Waals surface area contributed by atoms with Gasteiger partial charge in [0.1, 0.15) is 12.4 Å². The maximum absolute atomic E-state index is 12.9. The number of anilines is 2. The first-order valence-corrected chi connectivity index (χ1v) is 10.2. The maximum Gasteiger partial charge on any atom is 0.322 e. The Balaban J connectivity index is 1.44. The summed E-state index contributed by atoms with van der Waals surface area (Å²) in [4.78, 5) is 27.4. The Kier molecular flexibility index (Phi) is 5.66. The molecule has 4 rings (SSSR count). The SMILES string of the molecule is Cc1cc(C)cc(NC(=O)N2CCC[C@H]2C(=O)Nc2ccc(-n3cnnn3)c(C)c2)c1. The Morgan fingerprint density at radius 1 is 1.00 bits per heavy atom. The smallest absolute Gasteiger partial charge is 0.322 e. The lowest BCUT2D eigenvalue weighted by Gasteiger charge is -2.24. The van der Waals surface area contributed by atoms with Crippen LogP contribution in [0.25, 0.3) is 5.69 Å². The highest BCUT2D eigenvalue weighted by atomic mass is 16.2. The van der Waals surface area contributed by atoms with Crippen LogP contribution in [0.2, 0.25) is 0 Å². The first kappa shape index (κ1) is 20.5. The third kappa shape index (κ3) is 4.55. The highest BCUT2D eigenvalue weighted by molar-refractivity contribution is 5.99. The highest BCUT2D eigenvalue weighted by Crippen LogP contribution is 2.23. The van der Waals surface area contributed by atoms with Gasteiger partial charge in [0.25, 0.3) is 0 Å². The first-order chi connectivity index (χ1) is 14.9. The molecular weight excluding hydrogens is 394 g/mol. The fourth-order valence-corrected chi connectivity index (χ4v) is 4.01. The Labute approximate surface area is 180 Å². The van der Waals surface area contributed by atoms with E-state index in [2.05, 4.69) is 32.2 Å². The lowest BCUT2D eigenvalue weighted by Crippen LogP contribution is -2.45. The van der Waals surface area contributed by atoms with Crippen molar-refractivity contribution >= 4 is 23.3 Å². The van der Waals surface area contributed by atoms with Crippen LogP contribution < -0.4 is 10.6 Å². The van der Waals surface area contributed by atoms with Crippen LogP contribution in [0.15, 0.2) is 42.7 Å². The van der Waals surface area contributed by atoms with Gasteiger partial charge in [0.05, 0.1) is 5.69 Å². The first-order valence-electron chi connectivity index (χ1n) is 10.2. The third-order valence-electron chi connectivity index (χ3n) is 5.35. The van der Waals surface area contributed by atoms with Crippen molar-refractivity contribution in [3.05, 3.63) is 59.4 Å². The number of urea groups is 1. The van der Waals surface area contributed by atoms with Crippen LogP contribution in [-0.2, 0) is 4.79 Å². The maximum atomic E-state index is 12.9. The minimum absolute atomic E-state index is 0.192. The van der Waals surface area contributed by atoms with Gasteiger partial charge < -0.3 is 15.5 Å². The van der Waals surface area contributed by atoms with Crippen LogP contribution in [0.5, 0.6) is 0 Å². The van der Waals surface area contributed by atoms with Crippen LogP contribution >= 0.6 is 0 Å². The molecule has 31 heavy (non-hydrogen) atoms. The fourth-order valence-electron chi connectivity index (χ4n) is 4.01. The lowest BCUT2D eigenvalue weighted by atomic mass is 10.1. The number of carbonyl (C=O) groups excluding carboxylic acids is 2. The van der Waals surface area contributed by atoms with Crippen molar-refractivity contribution in [2.24, 2.45) is 0 Å². The molecule has 0 radical (unpaired) electrons. The minimum Gasteiger partial charge on any atom is -0.324 e. The summed E-state index contributed by atoms with van der Waals surface area (Å²) in [5.41, 5.74) is 5.31. The van der Waals surface area contributed by atoms with E-state index in [0.29, 0.717) is 18.7 Å². The van der Waals surface area contributed by atoms with Crippen LogP contribution in [0.3, 0.4) is 0 Å². The van der Waals surface area contributed by atoms with Gasteiger partial charge in [-0.1, -0.05) is 6.07 Å². The number of aromatic nitrogens is 4. The van der Waals surface area contributed by atoms with E-state index < -0.39 is 6.04 Å². The van der Waals surface area contributed by atoms with Gasteiger partial charge in [0.2, 0.25) is 5.91 Å². The second-order valence-electron chi connectivity index (χ2n) is 7.90. The van der Waals surface area contributed by atoms with Gasteiger partial charge in [0.15, 0.2) is 0 Å². The minimum atomic E-state index is -0.509. The van der Waals surface area contributed by atoms with Crippen molar-refractivity contribution in [2.45, 2.75) is 39.7 Å². The summed E-state index contributed by atoms with van der Waals surface area (Å²) in [5, 5.41) is 17.1. The van der Waals surface area contributed by atoms with Crippen LogP contribution in [-0.4, -0.2) is 49.6 Å². The van der Waals surface area contributed by atoms with Gasteiger partial charge in [-0.05, 0) is 91.1 Å². The zero-order valence-corrected chi connectivity index (χ0v) is 17.8. The third-order valence-corrected chi connectivity index (χ3v) is 5.35. The van der Waals surface area contributed by atoms with E-state index in [9.17, 15) is 9.59 Å². The summed E-state index contributed by atoms with van der Waals surface area (Å²) in [5.74, 6) is -0.192. The number of rotatable bonds is 4. The molecule has 1 aliphatic heterocycles. The van der Waals surface area contributed by atoms with Gasteiger partial charge in [-0.2, -0.15) is 0 Å². The molecule has 3 aromatic rings. The lowest BCUT2D eigenvalue weighted by molar-refractivity contribution is -0.119. The zero-order chi connectivity index (χ0) is 22.0. The molecule has 0 aliphatic carbocycles. The number of aryl methyl sites for hydroxylation is 3. The molecule has 1 fully saturated rings. The molecule has 0 unspecified atom stereocenters. The number of nitrogens with zero attached hydrogens (tertiary/aromatic N) is 5. The Morgan fingerprint density at radius 2 is 1.77 bits per heavy atom. The molecule has 2 heterocycles. The molecule has 0 spiro atoms. The zero-order valence-electron chi connectivity index (χ0n) is 17.8. The Morgan fingerprint density at radius 3 is 2.45 bits per heavy atom. The van der Waals surface area contributed by atoms with Gasteiger partial charge in [0, 0.05) is 17.9 Å². The predicted molar refractivity (Wildman–Crippen MR) is 117 cm³/mol. The monoisotopic (exact) mass is 419 g/mol. The standard InChI is InChI=1S/C22H25N7O2/c1-14-9-15(2)11-18(10-14)25-22(31)28-8-4-5-20(28)21(30)24-17-6-7-19(16(3)12-17)29-13-23-26-27-29/h6-7,9-13,20H,4-5,8H2,1-3H3,(H,24,30)(H,25,31)/t20-/m0/s1. The number of hydrogen-bond acceptors (Lipinski definition) is 5. The average Bonchev–Trinajstić information content (AvgIpc) is 3.39. The van der Waals surface area contributed by atoms with E-state index in [-0.39, 0.29) is 11.9 Å². The normalized spacial score (nSPS) is 15.7. The summed E-state index contributed by atoms with van der Waals surface area (Å²) in [6.07, 6.45) is 2.94. The van der Waals surface area contributed by atoms with Crippen molar-refractivity contribution in [3.8, 4) is 5.69 Å². The highest BCUT2D eigenvalue weighted by Gasteiger charge is 2.34. The Hall–Kier alpha value is -3.75. The van der Waals surface area contributed by atoms with Crippen molar-refractivity contribution in [3.63, 3.8) is 0 Å². The number of tetrazole rings is 1. The number of nitrogens with one attached hydrogen (secondary N) is 2. The summed E-state index contributed by atoms with van der Waals surface area (Å²) in [6.45, 7) is 6.45. The molecule has 3 amide bonds. The van der Waals surface area contributed by atoms with E-state index in [0.717, 1.165) is 34.5 Å². The van der Waals surface area contributed by atoms with E-state index in [1.165, 1.54) is 6.33 Å². The summed E-state index contributed by atoms with van der Waals surface area (Å²) in [7, 11) is 0. The number of carbonyl (C=O) groups is 2. The molecule has 2 N–H and O–H groups in total. The molecule has 9 heteroatoms. The van der Waals surface area contributed by atoms with E-state index in [1.54, 1.807) is 15.6 Å². The molecule has 1 aromatic heterocycles. The molecule has 1 aliphatic rings. The summed E-state index contributed by atoms with van der Waals surface area (Å²) >= 11 is 0. The van der Waals surface area contributed by atoms with E-state index >= 15 is 0 Å². The van der Waals surface area contributed by atoms with Crippen molar-refractivity contribution in [1.82, 2.24) is 25.1 Å². The van der Waals surface area contributed by atoms with E-state index in [4.69, 9.17) is 0 Å². The van der Waals surface area contributed by atoms with Gasteiger partial charge >= 0.3 is 6.03 Å². The summed E-state index contributed by atoms with van der Waals surface area (Å²) in [6, 6.07) is 10.6. The van der Waals surface area contributed by atoms with Gasteiger partial charge in [-0.25, -0.2) is 9.48 Å². The van der Waals surface area contributed by atoms with Crippen LogP contribution in [0.1, 0.15) is 29.5 Å². The molecule has 1 saturated heterocycles. The van der Waals surface area contributed by atoms with Crippen molar-refractivity contribution in [2.75, 3.05) is 17.2 Å². The second kappa shape index (κ2) is 8.55. The molecule has 0 bridgehead atoms. The summed E-state index contributed by atoms with van der Waals surface area (Å²) < 4.78 is 1.57. The predicted octanol–water partition coefficient (Wildman–Crippen LogP) is 3.22. The molecular formula is C22H25N7O2. The topological polar surface area (TPSA) is 105 Å².